The smallest absolute Gasteiger partial charge is 0.312 e. The van der Waals surface area contributed by atoms with Crippen molar-refractivity contribution in [2.24, 2.45) is 4.99 Å². The second-order valence-electron chi connectivity index (χ2n) is 6.20. The Morgan fingerprint density at radius 2 is 2.21 bits per heavy atom. The maximum Gasteiger partial charge on any atom is 0.312 e. The summed E-state index contributed by atoms with van der Waals surface area (Å²) in [5.41, 5.74) is 1.46. The van der Waals surface area contributed by atoms with E-state index in [1.54, 1.807) is 16.2 Å². The summed E-state index contributed by atoms with van der Waals surface area (Å²) in [5.74, 6) is -1.33. The van der Waals surface area contributed by atoms with Gasteiger partial charge >= 0.3 is 5.91 Å². The van der Waals surface area contributed by atoms with Gasteiger partial charge in [0, 0.05) is 34.6 Å². The van der Waals surface area contributed by atoms with Crippen molar-refractivity contribution >= 4 is 39.7 Å². The van der Waals surface area contributed by atoms with Gasteiger partial charge in [0.15, 0.2) is 0 Å². The van der Waals surface area contributed by atoms with E-state index in [-0.39, 0.29) is 18.1 Å². The molecule has 1 heterocycles. The van der Waals surface area contributed by atoms with Crippen molar-refractivity contribution in [3.05, 3.63) is 71.2 Å². The molecular weight excluding hydrogens is 393 g/mol. The van der Waals surface area contributed by atoms with E-state index in [4.69, 9.17) is 4.74 Å². The first-order valence-corrected chi connectivity index (χ1v) is 9.57. The Hall–Kier alpha value is -3.39. The number of rotatable bonds is 8. The largest absolute Gasteiger partial charge is 0.508 e. The molecule has 1 amide bonds. The molecule has 6 nitrogen and oxygen atoms in total. The van der Waals surface area contributed by atoms with E-state index in [0.717, 1.165) is 21.8 Å². The summed E-state index contributed by atoms with van der Waals surface area (Å²) in [5, 5.41) is 16.1. The van der Waals surface area contributed by atoms with Gasteiger partial charge in [0.2, 0.25) is 5.76 Å². The van der Waals surface area contributed by atoms with Crippen LogP contribution in [0.15, 0.2) is 64.8 Å². The normalized spacial score (nSPS) is 11.3. The number of aromatic hydroxyl groups is 1. The Kier molecular flexibility index (Phi) is 6.46. The molecule has 0 saturated heterocycles. The number of anilines is 1. The first-order valence-electron chi connectivity index (χ1n) is 8.69. The van der Waals surface area contributed by atoms with Gasteiger partial charge in [0.1, 0.15) is 11.6 Å². The minimum Gasteiger partial charge on any atom is -0.508 e. The van der Waals surface area contributed by atoms with Crippen molar-refractivity contribution in [1.82, 2.24) is 4.90 Å². The highest BCUT2D eigenvalue weighted by Gasteiger charge is 2.12. The highest BCUT2D eigenvalue weighted by molar-refractivity contribution is 7.17. The molecule has 0 fully saturated rings. The van der Waals surface area contributed by atoms with Crippen LogP contribution in [0.4, 0.5) is 10.1 Å². The second kappa shape index (κ2) is 9.20. The molecule has 1 aromatic heterocycles. The summed E-state index contributed by atoms with van der Waals surface area (Å²) in [7, 11) is 1.36. The molecule has 150 valence electrons. The van der Waals surface area contributed by atoms with Crippen molar-refractivity contribution in [3.63, 3.8) is 0 Å². The Balaban J connectivity index is 1.87. The molecule has 0 aliphatic carbocycles. The Morgan fingerprint density at radius 3 is 2.93 bits per heavy atom. The summed E-state index contributed by atoms with van der Waals surface area (Å²) < 4.78 is 19.9. The maximum absolute atomic E-state index is 13.7. The lowest BCUT2D eigenvalue weighted by molar-refractivity contribution is -0.117. The first-order chi connectivity index (χ1) is 14.0. The SMILES string of the molecule is C=NC(=O)/C(=C\N(CNc1cccc2sccc12)Cc1cc(O)cc(F)c1)OC. The number of nitrogens with one attached hydrogen (secondary N) is 1. The summed E-state index contributed by atoms with van der Waals surface area (Å²) in [6.07, 6.45) is 1.49. The number of phenolic OH excluding ortho intramolecular Hbond substituents is 1. The van der Waals surface area contributed by atoms with Crippen molar-refractivity contribution in [2.75, 3.05) is 19.1 Å². The lowest BCUT2D eigenvalue weighted by atomic mass is 10.2. The van der Waals surface area contributed by atoms with Crippen LogP contribution in [0.25, 0.3) is 10.1 Å². The molecule has 0 atom stereocenters. The molecule has 0 unspecified atom stereocenters. The van der Waals surface area contributed by atoms with E-state index in [0.29, 0.717) is 12.2 Å². The highest BCUT2D eigenvalue weighted by Crippen LogP contribution is 2.28. The molecule has 2 N–H and O–H groups in total. The van der Waals surface area contributed by atoms with Crippen LogP contribution in [-0.4, -0.2) is 36.4 Å². The van der Waals surface area contributed by atoms with Gasteiger partial charge in [-0.25, -0.2) is 9.38 Å². The van der Waals surface area contributed by atoms with Gasteiger partial charge in [-0.2, -0.15) is 0 Å². The Labute approximate surface area is 171 Å². The monoisotopic (exact) mass is 413 g/mol. The minimum absolute atomic E-state index is 0.00355. The van der Waals surface area contributed by atoms with Crippen molar-refractivity contribution in [2.45, 2.75) is 6.54 Å². The molecule has 0 aliphatic heterocycles. The molecule has 2 aromatic carbocycles. The zero-order chi connectivity index (χ0) is 20.8. The van der Waals surface area contributed by atoms with Crippen LogP contribution < -0.4 is 5.32 Å². The van der Waals surface area contributed by atoms with Crippen LogP contribution in [0, 0.1) is 5.82 Å². The van der Waals surface area contributed by atoms with Gasteiger partial charge in [-0.15, -0.1) is 11.3 Å². The maximum atomic E-state index is 13.7. The van der Waals surface area contributed by atoms with Gasteiger partial charge < -0.3 is 20.1 Å². The van der Waals surface area contributed by atoms with Crippen molar-refractivity contribution in [1.29, 1.82) is 0 Å². The van der Waals surface area contributed by atoms with Gasteiger partial charge in [0.25, 0.3) is 0 Å². The average molecular weight is 413 g/mol. The van der Waals surface area contributed by atoms with Crippen LogP contribution in [0.5, 0.6) is 5.75 Å². The van der Waals surface area contributed by atoms with Crippen LogP contribution >= 0.6 is 11.3 Å². The third-order valence-electron chi connectivity index (χ3n) is 4.17. The summed E-state index contributed by atoms with van der Waals surface area (Å²) in [6, 6.07) is 11.8. The van der Waals surface area contributed by atoms with Gasteiger partial charge in [-0.1, -0.05) is 6.07 Å². The number of ether oxygens (including phenoxy) is 1. The number of halogens is 1. The third-order valence-corrected chi connectivity index (χ3v) is 5.05. The molecular formula is C21H20FN3O3S. The number of benzene rings is 2. The molecule has 0 bridgehead atoms. The second-order valence-corrected chi connectivity index (χ2v) is 7.15. The highest BCUT2D eigenvalue weighted by atomic mass is 32.1. The standard InChI is InChI=1S/C21H20FN3O3S/c1-23-21(27)19(28-2)12-25(11-14-8-15(22)10-16(26)9-14)13-24-18-4-3-5-20-17(18)6-7-29-20/h3-10,12,24,26H,1,11,13H2,2H3/b19-12+. The van der Waals surface area contributed by atoms with Gasteiger partial charge in [0.05, 0.1) is 13.8 Å². The van der Waals surface area contributed by atoms with E-state index < -0.39 is 11.7 Å². The quantitative estimate of drug-likeness (QED) is 0.249. The molecule has 0 aliphatic rings. The van der Waals surface area contributed by atoms with Crippen LogP contribution in [0.1, 0.15) is 5.56 Å². The predicted octanol–water partition coefficient (Wildman–Crippen LogP) is 4.33. The van der Waals surface area contributed by atoms with Crippen LogP contribution in [-0.2, 0) is 16.1 Å². The number of carbonyl (C=O) groups excluding carboxylic acids is 1. The predicted molar refractivity (Wildman–Crippen MR) is 114 cm³/mol. The number of carbonyl (C=O) groups is 1. The molecule has 0 spiro atoms. The number of aliphatic imine (C=N–C) groups is 1. The van der Waals surface area contributed by atoms with Gasteiger partial charge in [-0.3, -0.25) is 4.79 Å². The zero-order valence-corrected chi connectivity index (χ0v) is 16.6. The molecule has 3 aromatic rings. The number of phenols is 1. The molecule has 3 rings (SSSR count). The molecule has 0 radical (unpaired) electrons. The lowest BCUT2D eigenvalue weighted by Gasteiger charge is -2.23. The fourth-order valence-electron chi connectivity index (χ4n) is 2.88. The van der Waals surface area contributed by atoms with E-state index in [2.05, 4.69) is 17.0 Å². The Morgan fingerprint density at radius 1 is 1.38 bits per heavy atom. The lowest BCUT2D eigenvalue weighted by Crippen LogP contribution is -2.25. The van der Waals surface area contributed by atoms with Crippen molar-refractivity contribution in [3.8, 4) is 5.75 Å². The van der Waals surface area contributed by atoms with E-state index >= 15 is 0 Å². The summed E-state index contributed by atoms with van der Waals surface area (Å²) >= 11 is 1.64. The fourth-order valence-corrected chi connectivity index (χ4v) is 3.69. The van der Waals surface area contributed by atoms with Crippen LogP contribution in [0.2, 0.25) is 0 Å². The Bertz CT molecular complexity index is 1040. The van der Waals surface area contributed by atoms with Crippen molar-refractivity contribution < 1.29 is 19.0 Å². The number of nitrogens with zero attached hydrogens (tertiary/aromatic N) is 2. The minimum atomic E-state index is -0.612. The zero-order valence-electron chi connectivity index (χ0n) is 15.8. The molecule has 0 saturated carbocycles. The number of thiophene rings is 1. The van der Waals surface area contributed by atoms with E-state index in [9.17, 15) is 14.3 Å². The number of hydrogen-bond acceptors (Lipinski definition) is 6. The van der Waals surface area contributed by atoms with E-state index in [1.165, 1.54) is 25.4 Å². The molecule has 8 heteroatoms. The number of amides is 1. The summed E-state index contributed by atoms with van der Waals surface area (Å²) in [6.45, 7) is 3.74. The number of methoxy groups -OCH3 is 1. The third kappa shape index (κ3) is 5.11. The number of hydrogen-bond donors (Lipinski definition) is 2. The first kappa shape index (κ1) is 20.3. The van der Waals surface area contributed by atoms with Crippen LogP contribution in [0.3, 0.4) is 0 Å². The molecule has 29 heavy (non-hydrogen) atoms. The van der Waals surface area contributed by atoms with E-state index in [1.807, 2.05) is 29.6 Å². The topological polar surface area (TPSA) is 74.2 Å². The average Bonchev–Trinajstić information content (AvgIpc) is 3.18. The van der Waals surface area contributed by atoms with Gasteiger partial charge in [-0.05, 0) is 48.0 Å². The fraction of sp³-hybridized carbons (Fsp3) is 0.143. The number of fused-ring (bicyclic) bond motifs is 1. The summed E-state index contributed by atoms with van der Waals surface area (Å²) in [4.78, 5) is 17.0.